The fourth-order valence-electron chi connectivity index (χ4n) is 2.73. The molecule has 4 aromatic rings. The van der Waals surface area contributed by atoms with Crippen LogP contribution in [0.4, 0.5) is 0 Å². The van der Waals surface area contributed by atoms with Crippen molar-refractivity contribution in [3.05, 3.63) is 119 Å². The van der Waals surface area contributed by atoms with Crippen molar-refractivity contribution in [2.24, 2.45) is 0 Å². The van der Waals surface area contributed by atoms with Crippen molar-refractivity contribution >= 4 is 36.9 Å². The van der Waals surface area contributed by atoms with Crippen molar-refractivity contribution < 1.29 is 20.8 Å². The predicted octanol–water partition coefficient (Wildman–Crippen LogP) is 6.50. The van der Waals surface area contributed by atoms with Gasteiger partial charge in [-0.25, -0.2) is 23.3 Å². The van der Waals surface area contributed by atoms with Gasteiger partial charge in [-0.3, -0.25) is 0 Å². The molecular weight excluding hydrogens is 503 g/mol. The largest absolute Gasteiger partial charge is 0.103 e. The van der Waals surface area contributed by atoms with Gasteiger partial charge in [0.2, 0.25) is 0 Å². The van der Waals surface area contributed by atoms with Crippen LogP contribution in [-0.4, -0.2) is 9.52 Å². The van der Waals surface area contributed by atoms with Crippen molar-refractivity contribution in [2.45, 2.75) is 27.7 Å². The first kappa shape index (κ1) is 26.9. The first-order valence-corrected chi connectivity index (χ1v) is 17.2. The van der Waals surface area contributed by atoms with Crippen LogP contribution < -0.4 is 10.4 Å². The van der Waals surface area contributed by atoms with Gasteiger partial charge >= 0.3 is 37.9 Å². The first-order chi connectivity index (χ1) is 14.4. The maximum Gasteiger partial charge on any atom is 0.103 e. The summed E-state index contributed by atoms with van der Waals surface area (Å²) in [5.74, 6) is 0. The summed E-state index contributed by atoms with van der Waals surface area (Å²) in [7, 11) is 10.1. The third kappa shape index (κ3) is 13.2. The fraction of sp³-hybridized carbons (Fsp3) is 0.154. The number of hydrogen-bond acceptors (Lipinski definition) is 0. The van der Waals surface area contributed by atoms with Crippen LogP contribution >= 0.6 is 17.0 Å². The molecule has 4 heteroatoms. The number of aryl methyl sites for hydroxylation is 4. The molecule has 0 fully saturated rings. The van der Waals surface area contributed by atoms with E-state index in [4.69, 9.17) is 17.0 Å². The minimum Gasteiger partial charge on any atom is -0.0632 e. The summed E-state index contributed by atoms with van der Waals surface area (Å²) >= 11 is -0.826. The summed E-state index contributed by atoms with van der Waals surface area (Å²) < 4.78 is 0. The van der Waals surface area contributed by atoms with Crippen molar-refractivity contribution in [3.8, 4) is 0 Å². The second-order valence-corrected chi connectivity index (χ2v) is 12.3. The molecule has 0 saturated heterocycles. The van der Waals surface area contributed by atoms with E-state index in [1.165, 1.54) is 32.6 Å². The van der Waals surface area contributed by atoms with E-state index in [2.05, 4.69) is 125 Å². The molecule has 0 aliphatic carbocycles. The van der Waals surface area contributed by atoms with Crippen LogP contribution in [0.1, 0.15) is 22.3 Å². The molecule has 0 heterocycles. The summed E-state index contributed by atoms with van der Waals surface area (Å²) in [6.45, 7) is 8.42. The second kappa shape index (κ2) is 16.5. The first-order valence-electron chi connectivity index (χ1n) is 9.75. The van der Waals surface area contributed by atoms with Crippen LogP contribution in [-0.2, 0) is 20.8 Å². The minimum absolute atomic E-state index is 0.271. The molecule has 1 radical (unpaired) electrons. The SMILES string of the molecule is Cc1c[cH-]c(C)c1.Cc1c[cH-]c(C)c1.[Cl][Zr+2][Cl].c1ccc([SiH]c2ccccc2)cc1. The second-order valence-electron chi connectivity index (χ2n) is 6.97. The standard InChI is InChI=1S/C12H11Si.2C7H9.2ClH.Zr/c1-3-7-11(8-4-1)13-12-9-5-2-6-10-12;2*1-6-3-4-7(2)5-6;;;/h1-10,13H;2*3-5H,1-2H3;2*1H;/q;2*-1;;;+4/p-2. The third-order valence-corrected chi connectivity index (χ3v) is 5.50. The summed E-state index contributed by atoms with van der Waals surface area (Å²) in [6.07, 6.45) is 0. The van der Waals surface area contributed by atoms with Crippen LogP contribution in [0.2, 0.25) is 0 Å². The van der Waals surface area contributed by atoms with Crippen molar-refractivity contribution in [3.63, 3.8) is 0 Å². The van der Waals surface area contributed by atoms with Crippen LogP contribution in [0, 0.1) is 27.7 Å². The quantitative estimate of drug-likeness (QED) is 0.205. The molecule has 0 N–H and O–H groups in total. The number of benzene rings is 2. The third-order valence-electron chi connectivity index (χ3n) is 4.06. The molecule has 4 aromatic carbocycles. The maximum atomic E-state index is 4.93. The Kier molecular flexibility index (Phi) is 14.8. The molecule has 0 aliphatic heterocycles. The summed E-state index contributed by atoms with van der Waals surface area (Å²) in [4.78, 5) is 0. The van der Waals surface area contributed by atoms with Crippen LogP contribution in [0.25, 0.3) is 0 Å². The number of rotatable bonds is 2. The zero-order valence-corrected chi connectivity index (χ0v) is 23.2. The summed E-state index contributed by atoms with van der Waals surface area (Å²) in [5, 5.41) is 2.90. The summed E-state index contributed by atoms with van der Waals surface area (Å²) in [6, 6.07) is 34.1. The van der Waals surface area contributed by atoms with Gasteiger partial charge in [0.1, 0.15) is 9.52 Å². The molecular formula is C26H29Cl2SiZr. The zero-order valence-electron chi connectivity index (χ0n) is 18.1. The van der Waals surface area contributed by atoms with Crippen LogP contribution in [0.3, 0.4) is 0 Å². The Hall–Kier alpha value is -1.18. The molecule has 155 valence electrons. The van der Waals surface area contributed by atoms with E-state index < -0.39 is 20.8 Å². The van der Waals surface area contributed by atoms with Crippen molar-refractivity contribution in [1.82, 2.24) is 0 Å². The van der Waals surface area contributed by atoms with Crippen LogP contribution in [0.5, 0.6) is 0 Å². The minimum atomic E-state index is -0.826. The van der Waals surface area contributed by atoms with E-state index in [1.807, 2.05) is 0 Å². The number of hydrogen-bond donors (Lipinski definition) is 0. The average Bonchev–Trinajstić information content (AvgIpc) is 3.31. The van der Waals surface area contributed by atoms with E-state index in [0.717, 1.165) is 0 Å². The average molecular weight is 532 g/mol. The molecule has 0 saturated carbocycles. The van der Waals surface area contributed by atoms with E-state index in [9.17, 15) is 0 Å². The molecule has 0 aliphatic rings. The Labute approximate surface area is 203 Å². The van der Waals surface area contributed by atoms with Gasteiger partial charge in [0, 0.05) is 0 Å². The Morgan fingerprint density at radius 2 is 0.967 bits per heavy atom. The van der Waals surface area contributed by atoms with Gasteiger partial charge in [-0.2, -0.15) is 35.4 Å². The fourth-order valence-corrected chi connectivity index (χ4v) is 3.94. The van der Waals surface area contributed by atoms with Gasteiger partial charge < -0.3 is 0 Å². The Balaban J connectivity index is 0.000000226. The van der Waals surface area contributed by atoms with Gasteiger partial charge in [-0.05, 0) is 0 Å². The normalized spacial score (nSPS) is 9.00. The molecule has 0 spiro atoms. The van der Waals surface area contributed by atoms with Gasteiger partial charge in [0.05, 0.1) is 0 Å². The van der Waals surface area contributed by atoms with Crippen LogP contribution in [0.15, 0.2) is 97.1 Å². The molecule has 0 unspecified atom stereocenters. The molecule has 0 amide bonds. The molecule has 0 bridgehead atoms. The number of halogens is 2. The zero-order chi connectivity index (χ0) is 22.2. The topological polar surface area (TPSA) is 0 Å². The summed E-state index contributed by atoms with van der Waals surface area (Å²) in [5.41, 5.74) is 5.44. The molecule has 30 heavy (non-hydrogen) atoms. The van der Waals surface area contributed by atoms with Gasteiger partial charge in [0.15, 0.2) is 0 Å². The monoisotopic (exact) mass is 529 g/mol. The maximum absolute atomic E-state index is 4.93. The Morgan fingerprint density at radius 1 is 0.633 bits per heavy atom. The van der Waals surface area contributed by atoms with Gasteiger partial charge in [-0.1, -0.05) is 98.7 Å². The molecule has 4 rings (SSSR count). The Bertz CT molecular complexity index is 806. The predicted molar refractivity (Wildman–Crippen MR) is 134 cm³/mol. The van der Waals surface area contributed by atoms with Gasteiger partial charge in [0.25, 0.3) is 0 Å². The van der Waals surface area contributed by atoms with Gasteiger partial charge in [-0.15, -0.1) is 0 Å². The van der Waals surface area contributed by atoms with Crippen molar-refractivity contribution in [1.29, 1.82) is 0 Å². The van der Waals surface area contributed by atoms with E-state index in [-0.39, 0.29) is 9.52 Å². The smallest absolute Gasteiger partial charge is 0.0632 e. The molecule has 0 atom stereocenters. The molecule has 0 nitrogen and oxygen atoms in total. The van der Waals surface area contributed by atoms with E-state index >= 15 is 0 Å². The van der Waals surface area contributed by atoms with Crippen molar-refractivity contribution in [2.75, 3.05) is 0 Å². The molecule has 0 aromatic heterocycles. The van der Waals surface area contributed by atoms with E-state index in [0.29, 0.717) is 0 Å². The Morgan fingerprint density at radius 3 is 1.17 bits per heavy atom. The van der Waals surface area contributed by atoms with E-state index in [1.54, 1.807) is 0 Å².